The van der Waals surface area contributed by atoms with Gasteiger partial charge in [0, 0.05) is 12.6 Å². The van der Waals surface area contributed by atoms with Gasteiger partial charge in [-0.25, -0.2) is 13.4 Å². The van der Waals surface area contributed by atoms with E-state index in [1.165, 1.54) is 10.6 Å². The molecule has 0 amide bonds. The van der Waals surface area contributed by atoms with Crippen molar-refractivity contribution >= 4 is 10.0 Å². The highest BCUT2D eigenvalue weighted by Crippen LogP contribution is 2.14. The van der Waals surface area contributed by atoms with Gasteiger partial charge in [-0.2, -0.15) is 4.31 Å². The lowest BCUT2D eigenvalue weighted by atomic mass is 10.2. The highest BCUT2D eigenvalue weighted by atomic mass is 32.2. The predicted octanol–water partition coefficient (Wildman–Crippen LogP) is 2.44. The number of hydrogen-bond acceptors (Lipinski definition) is 4. The fraction of sp³-hybridized carbons (Fsp3) is 0.312. The van der Waals surface area contributed by atoms with Gasteiger partial charge in [-0.1, -0.05) is 36.4 Å². The first-order valence-corrected chi connectivity index (χ1v) is 8.91. The van der Waals surface area contributed by atoms with Gasteiger partial charge in [-0.15, -0.1) is 0 Å². The van der Waals surface area contributed by atoms with Crippen LogP contribution in [0.1, 0.15) is 18.2 Å². The number of ether oxygens (including phenoxy) is 1. The Bertz CT molecular complexity index is 702. The molecule has 0 aliphatic heterocycles. The van der Waals surface area contributed by atoms with Gasteiger partial charge in [0.25, 0.3) is 0 Å². The number of aromatic nitrogens is 1. The van der Waals surface area contributed by atoms with Crippen LogP contribution in [0.2, 0.25) is 0 Å². The monoisotopic (exact) mass is 320 g/mol. The van der Waals surface area contributed by atoms with Crippen molar-refractivity contribution in [3.8, 4) is 5.88 Å². The normalized spacial score (nSPS) is 11.6. The van der Waals surface area contributed by atoms with E-state index < -0.39 is 10.0 Å². The molecule has 2 aromatic rings. The first-order valence-electron chi connectivity index (χ1n) is 7.07. The average molecular weight is 320 g/mol. The molecular formula is C16H20N2O3S. The average Bonchev–Trinajstić information content (AvgIpc) is 2.47. The van der Waals surface area contributed by atoms with Crippen LogP contribution in [-0.4, -0.2) is 30.6 Å². The first-order chi connectivity index (χ1) is 10.5. The summed E-state index contributed by atoms with van der Waals surface area (Å²) in [6, 6.07) is 14.9. The van der Waals surface area contributed by atoms with Gasteiger partial charge in [0.05, 0.1) is 25.1 Å². The molecule has 0 aliphatic carbocycles. The lowest BCUT2D eigenvalue weighted by molar-refractivity contribution is 0.323. The molecule has 1 aromatic heterocycles. The summed E-state index contributed by atoms with van der Waals surface area (Å²) in [6.07, 6.45) is 1.21. The molecule has 0 atom stereocenters. The second-order valence-corrected chi connectivity index (χ2v) is 6.90. The predicted molar refractivity (Wildman–Crippen MR) is 85.9 cm³/mol. The highest BCUT2D eigenvalue weighted by Gasteiger charge is 2.18. The highest BCUT2D eigenvalue weighted by molar-refractivity contribution is 7.88. The topological polar surface area (TPSA) is 59.5 Å². The van der Waals surface area contributed by atoms with E-state index in [1.54, 1.807) is 12.1 Å². The van der Waals surface area contributed by atoms with Crippen LogP contribution in [-0.2, 0) is 23.1 Å². The van der Waals surface area contributed by atoms with Crippen LogP contribution in [0.5, 0.6) is 5.88 Å². The quantitative estimate of drug-likeness (QED) is 0.786. The Hall–Kier alpha value is -1.92. The number of benzene rings is 1. The van der Waals surface area contributed by atoms with Crippen molar-refractivity contribution in [1.29, 1.82) is 0 Å². The van der Waals surface area contributed by atoms with Crippen LogP contribution in [0, 0.1) is 0 Å². The van der Waals surface area contributed by atoms with Crippen molar-refractivity contribution in [2.75, 3.05) is 12.9 Å². The molecule has 0 saturated heterocycles. The summed E-state index contributed by atoms with van der Waals surface area (Å²) in [5.41, 5.74) is 1.60. The van der Waals surface area contributed by atoms with Gasteiger partial charge in [-0.3, -0.25) is 0 Å². The van der Waals surface area contributed by atoms with Crippen molar-refractivity contribution in [1.82, 2.24) is 9.29 Å². The molecule has 0 saturated carbocycles. The molecule has 1 heterocycles. The summed E-state index contributed by atoms with van der Waals surface area (Å²) in [7, 11) is -3.33. The number of pyridine rings is 1. The summed E-state index contributed by atoms with van der Waals surface area (Å²) in [5.74, 6) is 0.508. The zero-order chi connectivity index (χ0) is 16.0. The van der Waals surface area contributed by atoms with Gasteiger partial charge in [0.1, 0.15) is 0 Å². The number of hydrogen-bond donors (Lipinski definition) is 0. The van der Waals surface area contributed by atoms with E-state index in [2.05, 4.69) is 4.98 Å². The first kappa shape index (κ1) is 16.5. The maximum absolute atomic E-state index is 12.0. The van der Waals surface area contributed by atoms with Crippen molar-refractivity contribution in [2.24, 2.45) is 0 Å². The smallest absolute Gasteiger partial charge is 0.213 e. The minimum Gasteiger partial charge on any atom is -0.478 e. The third-order valence-electron chi connectivity index (χ3n) is 3.08. The molecule has 0 radical (unpaired) electrons. The zero-order valence-corrected chi connectivity index (χ0v) is 13.6. The van der Waals surface area contributed by atoms with Gasteiger partial charge < -0.3 is 4.74 Å². The van der Waals surface area contributed by atoms with Crippen LogP contribution in [0.15, 0.2) is 48.5 Å². The van der Waals surface area contributed by atoms with Crippen molar-refractivity contribution < 1.29 is 13.2 Å². The summed E-state index contributed by atoms with van der Waals surface area (Å²) in [5, 5.41) is 0. The van der Waals surface area contributed by atoms with E-state index in [9.17, 15) is 8.42 Å². The molecule has 0 N–H and O–H groups in total. The summed E-state index contributed by atoms with van der Waals surface area (Å²) < 4.78 is 30.8. The van der Waals surface area contributed by atoms with Crippen LogP contribution >= 0.6 is 0 Å². The van der Waals surface area contributed by atoms with Crippen LogP contribution in [0.3, 0.4) is 0 Å². The lowest BCUT2D eigenvalue weighted by Gasteiger charge is -2.20. The Morgan fingerprint density at radius 3 is 2.41 bits per heavy atom. The van der Waals surface area contributed by atoms with Crippen molar-refractivity contribution in [2.45, 2.75) is 20.0 Å². The fourth-order valence-corrected chi connectivity index (χ4v) is 2.78. The van der Waals surface area contributed by atoms with Crippen LogP contribution < -0.4 is 4.74 Å². The molecule has 0 fully saturated rings. The van der Waals surface area contributed by atoms with E-state index >= 15 is 0 Å². The maximum atomic E-state index is 12.0. The summed E-state index contributed by atoms with van der Waals surface area (Å²) in [6.45, 7) is 2.94. The molecule has 2 rings (SSSR count). The third-order valence-corrected chi connectivity index (χ3v) is 4.28. The van der Waals surface area contributed by atoms with E-state index in [-0.39, 0.29) is 6.54 Å². The number of sulfonamides is 1. The second-order valence-electron chi connectivity index (χ2n) is 4.92. The molecule has 118 valence electrons. The van der Waals surface area contributed by atoms with Crippen molar-refractivity contribution in [3.63, 3.8) is 0 Å². The number of rotatable bonds is 7. The second kappa shape index (κ2) is 7.38. The molecule has 5 nitrogen and oxygen atoms in total. The fourth-order valence-electron chi connectivity index (χ4n) is 2.03. The number of nitrogens with zero attached hydrogens (tertiary/aromatic N) is 2. The zero-order valence-electron chi connectivity index (χ0n) is 12.8. The molecule has 22 heavy (non-hydrogen) atoms. The van der Waals surface area contributed by atoms with E-state index in [0.717, 1.165) is 5.56 Å². The van der Waals surface area contributed by atoms with Gasteiger partial charge >= 0.3 is 0 Å². The molecule has 6 heteroatoms. The standard InChI is InChI=1S/C16H20N2O3S/c1-3-21-16-11-7-10-15(17-16)13-18(22(2,19)20)12-14-8-5-4-6-9-14/h4-11H,3,12-13H2,1-2H3. The maximum Gasteiger partial charge on any atom is 0.213 e. The van der Waals surface area contributed by atoms with Crippen LogP contribution in [0.4, 0.5) is 0 Å². The Labute approximate surface area is 131 Å². The largest absolute Gasteiger partial charge is 0.478 e. The van der Waals surface area contributed by atoms with E-state index in [4.69, 9.17) is 4.74 Å². The molecule has 0 bridgehead atoms. The Balaban J connectivity index is 2.19. The Morgan fingerprint density at radius 1 is 1.05 bits per heavy atom. The van der Waals surface area contributed by atoms with E-state index in [0.29, 0.717) is 24.7 Å². The lowest BCUT2D eigenvalue weighted by Crippen LogP contribution is -2.29. The molecule has 0 unspecified atom stereocenters. The summed E-state index contributed by atoms with van der Waals surface area (Å²) in [4.78, 5) is 4.33. The van der Waals surface area contributed by atoms with Crippen molar-refractivity contribution in [3.05, 3.63) is 59.8 Å². The molecule has 0 aliphatic rings. The van der Waals surface area contributed by atoms with E-state index in [1.807, 2.05) is 43.3 Å². The minimum absolute atomic E-state index is 0.217. The Kier molecular flexibility index (Phi) is 5.51. The van der Waals surface area contributed by atoms with Gasteiger partial charge in [0.2, 0.25) is 15.9 Å². The molecule has 0 spiro atoms. The van der Waals surface area contributed by atoms with Gasteiger partial charge in [0.15, 0.2) is 0 Å². The third kappa shape index (κ3) is 4.82. The van der Waals surface area contributed by atoms with Crippen LogP contribution in [0.25, 0.3) is 0 Å². The van der Waals surface area contributed by atoms with Gasteiger partial charge in [-0.05, 0) is 18.6 Å². The molecule has 1 aromatic carbocycles. The SMILES string of the molecule is CCOc1cccc(CN(Cc2ccccc2)S(C)(=O)=O)n1. The summed E-state index contributed by atoms with van der Waals surface area (Å²) >= 11 is 0. The molecular weight excluding hydrogens is 300 g/mol. The Morgan fingerprint density at radius 2 is 1.77 bits per heavy atom. The minimum atomic E-state index is -3.33.